The first kappa shape index (κ1) is 23.2. The number of carbonyl (C=O) groups is 3. The van der Waals surface area contributed by atoms with Crippen LogP contribution in [0.25, 0.3) is 6.08 Å². The van der Waals surface area contributed by atoms with Crippen molar-refractivity contribution in [3.05, 3.63) is 64.7 Å². The number of aryl methyl sites for hydroxylation is 1. The van der Waals surface area contributed by atoms with Gasteiger partial charge in [-0.15, -0.1) is 0 Å². The van der Waals surface area contributed by atoms with Gasteiger partial charge in [-0.2, -0.15) is 5.26 Å². The second-order valence-corrected chi connectivity index (χ2v) is 6.80. The van der Waals surface area contributed by atoms with E-state index in [1.807, 2.05) is 31.1 Å². The molecule has 2 aromatic rings. The standard InChI is InChI=1S/C23H23N3O5/c1-15-5-8-17(22(28)30-4)12-20(15)25-21(27)14-31-23(29)18(13-24)11-16-6-9-19(10-7-16)26(2)3/h5-12H,14H2,1-4H3,(H,25,27)/b18-11+. The minimum Gasteiger partial charge on any atom is -0.465 e. The van der Waals surface area contributed by atoms with E-state index in [0.717, 1.165) is 5.69 Å². The molecule has 0 spiro atoms. The van der Waals surface area contributed by atoms with Gasteiger partial charge in [0.05, 0.1) is 12.7 Å². The number of anilines is 2. The highest BCUT2D eigenvalue weighted by molar-refractivity contribution is 6.00. The summed E-state index contributed by atoms with van der Waals surface area (Å²) in [7, 11) is 5.07. The largest absolute Gasteiger partial charge is 0.465 e. The number of esters is 2. The molecular formula is C23H23N3O5. The van der Waals surface area contributed by atoms with E-state index in [2.05, 4.69) is 10.1 Å². The Kier molecular flexibility index (Phi) is 7.92. The summed E-state index contributed by atoms with van der Waals surface area (Å²) in [5.74, 6) is -2.05. The summed E-state index contributed by atoms with van der Waals surface area (Å²) in [6.07, 6.45) is 1.39. The number of hydrogen-bond acceptors (Lipinski definition) is 7. The van der Waals surface area contributed by atoms with Crippen LogP contribution >= 0.6 is 0 Å². The maximum absolute atomic E-state index is 12.2. The van der Waals surface area contributed by atoms with Crippen molar-refractivity contribution in [3.63, 3.8) is 0 Å². The Hall–Kier alpha value is -4.12. The summed E-state index contributed by atoms with van der Waals surface area (Å²) < 4.78 is 9.62. The molecule has 0 aliphatic rings. The molecule has 8 heteroatoms. The summed E-state index contributed by atoms with van der Waals surface area (Å²) in [6.45, 7) is 1.17. The predicted molar refractivity (Wildman–Crippen MR) is 116 cm³/mol. The summed E-state index contributed by atoms with van der Waals surface area (Å²) in [5, 5.41) is 11.8. The van der Waals surface area contributed by atoms with Crippen LogP contribution in [0, 0.1) is 18.3 Å². The van der Waals surface area contributed by atoms with E-state index in [1.165, 1.54) is 19.3 Å². The SMILES string of the molecule is COC(=O)c1ccc(C)c(NC(=O)COC(=O)/C(C#N)=C/c2ccc(N(C)C)cc2)c1. The van der Waals surface area contributed by atoms with E-state index in [9.17, 15) is 19.6 Å². The van der Waals surface area contributed by atoms with Gasteiger partial charge in [0.1, 0.15) is 11.6 Å². The molecule has 1 N–H and O–H groups in total. The average Bonchev–Trinajstić information content (AvgIpc) is 2.77. The second-order valence-electron chi connectivity index (χ2n) is 6.80. The van der Waals surface area contributed by atoms with Crippen molar-refractivity contribution >= 4 is 35.3 Å². The van der Waals surface area contributed by atoms with Crippen LogP contribution in [0.5, 0.6) is 0 Å². The molecule has 0 aliphatic heterocycles. The Morgan fingerprint density at radius 1 is 1.13 bits per heavy atom. The van der Waals surface area contributed by atoms with Crippen molar-refractivity contribution in [2.75, 3.05) is 38.0 Å². The Labute approximate surface area is 180 Å². The zero-order valence-corrected chi connectivity index (χ0v) is 17.8. The maximum atomic E-state index is 12.2. The van der Waals surface area contributed by atoms with Gasteiger partial charge >= 0.3 is 11.9 Å². The van der Waals surface area contributed by atoms with Gasteiger partial charge in [0, 0.05) is 25.5 Å². The van der Waals surface area contributed by atoms with Crippen LogP contribution in [0.1, 0.15) is 21.5 Å². The molecule has 0 saturated carbocycles. The highest BCUT2D eigenvalue weighted by Crippen LogP contribution is 2.18. The number of nitrogens with one attached hydrogen (secondary N) is 1. The molecule has 0 bridgehead atoms. The number of ether oxygens (including phenoxy) is 2. The molecule has 0 aliphatic carbocycles. The van der Waals surface area contributed by atoms with Crippen molar-refractivity contribution in [1.29, 1.82) is 5.26 Å². The molecule has 0 aromatic heterocycles. The van der Waals surface area contributed by atoms with Gasteiger partial charge in [0.2, 0.25) is 0 Å². The number of methoxy groups -OCH3 is 1. The number of carbonyl (C=O) groups excluding carboxylic acids is 3. The molecule has 31 heavy (non-hydrogen) atoms. The molecule has 2 aromatic carbocycles. The predicted octanol–water partition coefficient (Wildman–Crippen LogP) is 2.94. The van der Waals surface area contributed by atoms with Gasteiger partial charge in [-0.1, -0.05) is 18.2 Å². The molecule has 0 radical (unpaired) electrons. The third-order valence-electron chi connectivity index (χ3n) is 4.33. The van der Waals surface area contributed by atoms with E-state index in [-0.39, 0.29) is 11.1 Å². The van der Waals surface area contributed by atoms with Crippen molar-refractivity contribution in [2.45, 2.75) is 6.92 Å². The van der Waals surface area contributed by atoms with Crippen molar-refractivity contribution in [1.82, 2.24) is 0 Å². The van der Waals surface area contributed by atoms with Gasteiger partial charge < -0.3 is 19.7 Å². The number of hydrogen-bond donors (Lipinski definition) is 1. The fourth-order valence-electron chi connectivity index (χ4n) is 2.57. The van der Waals surface area contributed by atoms with Crippen LogP contribution < -0.4 is 10.2 Å². The molecular weight excluding hydrogens is 398 g/mol. The van der Waals surface area contributed by atoms with Crippen LogP contribution in [0.4, 0.5) is 11.4 Å². The normalized spacial score (nSPS) is 10.6. The molecule has 0 atom stereocenters. The number of nitrogens with zero attached hydrogens (tertiary/aromatic N) is 2. The van der Waals surface area contributed by atoms with E-state index < -0.39 is 24.5 Å². The second kappa shape index (κ2) is 10.6. The van der Waals surface area contributed by atoms with Gasteiger partial charge in [-0.3, -0.25) is 4.79 Å². The molecule has 2 rings (SSSR count). The lowest BCUT2D eigenvalue weighted by molar-refractivity contribution is -0.142. The third kappa shape index (κ3) is 6.44. The average molecular weight is 421 g/mol. The number of benzene rings is 2. The lowest BCUT2D eigenvalue weighted by atomic mass is 10.1. The first-order valence-corrected chi connectivity index (χ1v) is 9.30. The van der Waals surface area contributed by atoms with Crippen LogP contribution in [0.3, 0.4) is 0 Å². The van der Waals surface area contributed by atoms with E-state index >= 15 is 0 Å². The Bertz CT molecular complexity index is 1050. The first-order chi connectivity index (χ1) is 14.7. The highest BCUT2D eigenvalue weighted by atomic mass is 16.5. The zero-order chi connectivity index (χ0) is 23.0. The zero-order valence-electron chi connectivity index (χ0n) is 17.8. The lowest BCUT2D eigenvalue weighted by Gasteiger charge is -2.12. The van der Waals surface area contributed by atoms with Crippen LogP contribution in [0.2, 0.25) is 0 Å². The lowest BCUT2D eigenvalue weighted by Crippen LogP contribution is -2.22. The quantitative estimate of drug-likeness (QED) is 0.416. The minimum atomic E-state index is -0.908. The Balaban J connectivity index is 2.01. The summed E-state index contributed by atoms with van der Waals surface area (Å²) in [6, 6.07) is 13.7. The van der Waals surface area contributed by atoms with Crippen LogP contribution in [-0.2, 0) is 19.1 Å². The number of amides is 1. The molecule has 0 heterocycles. The first-order valence-electron chi connectivity index (χ1n) is 9.30. The molecule has 8 nitrogen and oxygen atoms in total. The van der Waals surface area contributed by atoms with Crippen LogP contribution in [-0.4, -0.2) is 45.7 Å². The molecule has 0 saturated heterocycles. The summed E-state index contributed by atoms with van der Waals surface area (Å²) >= 11 is 0. The Morgan fingerprint density at radius 2 is 1.81 bits per heavy atom. The summed E-state index contributed by atoms with van der Waals surface area (Å²) in [5.41, 5.74) is 2.78. The van der Waals surface area contributed by atoms with Gasteiger partial charge in [-0.25, -0.2) is 9.59 Å². The number of rotatable bonds is 7. The smallest absolute Gasteiger partial charge is 0.349 e. The molecule has 1 amide bonds. The monoisotopic (exact) mass is 421 g/mol. The molecule has 0 unspecified atom stereocenters. The minimum absolute atomic E-state index is 0.228. The van der Waals surface area contributed by atoms with Crippen molar-refractivity contribution < 1.29 is 23.9 Å². The van der Waals surface area contributed by atoms with Crippen LogP contribution in [0.15, 0.2) is 48.0 Å². The fourth-order valence-corrected chi connectivity index (χ4v) is 2.57. The Morgan fingerprint density at radius 3 is 2.39 bits per heavy atom. The number of nitriles is 1. The van der Waals surface area contributed by atoms with E-state index in [1.54, 1.807) is 37.3 Å². The molecule has 0 fully saturated rings. The van der Waals surface area contributed by atoms with Gasteiger partial charge in [-0.05, 0) is 48.4 Å². The van der Waals surface area contributed by atoms with Crippen molar-refractivity contribution in [2.24, 2.45) is 0 Å². The van der Waals surface area contributed by atoms with Gasteiger partial charge in [0.25, 0.3) is 5.91 Å². The molecule has 160 valence electrons. The fraction of sp³-hybridized carbons (Fsp3) is 0.217. The van der Waals surface area contributed by atoms with Gasteiger partial charge in [0.15, 0.2) is 6.61 Å². The maximum Gasteiger partial charge on any atom is 0.349 e. The summed E-state index contributed by atoms with van der Waals surface area (Å²) in [4.78, 5) is 37.9. The highest BCUT2D eigenvalue weighted by Gasteiger charge is 2.15. The van der Waals surface area contributed by atoms with E-state index in [4.69, 9.17) is 4.74 Å². The third-order valence-corrected chi connectivity index (χ3v) is 4.33. The van der Waals surface area contributed by atoms with Crippen molar-refractivity contribution in [3.8, 4) is 6.07 Å². The topological polar surface area (TPSA) is 109 Å². The van der Waals surface area contributed by atoms with E-state index in [0.29, 0.717) is 16.8 Å².